The maximum Gasteiger partial charge on any atom is 0.314 e. The van der Waals surface area contributed by atoms with Crippen molar-refractivity contribution in [3.63, 3.8) is 0 Å². The Bertz CT molecular complexity index is 571. The fraction of sp³-hybridized carbons (Fsp3) is 0.357. The maximum absolute atomic E-state index is 11.8. The molecule has 0 saturated carbocycles. The van der Waals surface area contributed by atoms with E-state index in [-0.39, 0.29) is 11.9 Å². The Labute approximate surface area is 99.8 Å². The number of carbonyl (C=O) groups excluding carboxylic acids is 1. The molecule has 88 valence electrons. The molecule has 1 heterocycles. The average Bonchev–Trinajstić information content (AvgIpc) is 2.87. The van der Waals surface area contributed by atoms with Crippen LogP contribution < -0.4 is 0 Å². The number of para-hydroxylation sites is 1. The zero-order valence-corrected chi connectivity index (χ0v) is 9.82. The summed E-state index contributed by atoms with van der Waals surface area (Å²) >= 11 is 0. The second-order valence-corrected chi connectivity index (χ2v) is 4.41. The summed E-state index contributed by atoms with van der Waals surface area (Å²) in [5, 5.41) is 1.24. The molecule has 0 spiro atoms. The number of H-pyrrole nitrogens is 1. The number of benzene rings is 1. The van der Waals surface area contributed by atoms with Crippen LogP contribution in [0, 0.1) is 0 Å². The summed E-state index contributed by atoms with van der Waals surface area (Å²) in [6, 6.07) is 8.20. The van der Waals surface area contributed by atoms with Gasteiger partial charge in [-0.05, 0) is 31.4 Å². The van der Waals surface area contributed by atoms with Crippen molar-refractivity contribution < 1.29 is 9.53 Å². The molecule has 3 rings (SSSR count). The van der Waals surface area contributed by atoms with Gasteiger partial charge in [-0.1, -0.05) is 18.2 Å². The highest BCUT2D eigenvalue weighted by molar-refractivity contribution is 5.89. The Morgan fingerprint density at radius 1 is 1.47 bits per heavy atom. The maximum atomic E-state index is 11.8. The zero-order chi connectivity index (χ0) is 11.8. The van der Waals surface area contributed by atoms with Crippen LogP contribution in [0.2, 0.25) is 0 Å². The van der Waals surface area contributed by atoms with Crippen LogP contribution in [-0.2, 0) is 16.0 Å². The van der Waals surface area contributed by atoms with Gasteiger partial charge >= 0.3 is 5.97 Å². The number of aromatic amines is 1. The van der Waals surface area contributed by atoms with E-state index in [1.165, 1.54) is 10.9 Å². The number of aromatic nitrogens is 1. The molecule has 17 heavy (non-hydrogen) atoms. The van der Waals surface area contributed by atoms with Crippen LogP contribution in [0.25, 0.3) is 10.9 Å². The summed E-state index contributed by atoms with van der Waals surface area (Å²) in [5.41, 5.74) is 3.47. The number of nitrogens with one attached hydrogen (secondary N) is 1. The van der Waals surface area contributed by atoms with Gasteiger partial charge in [0.1, 0.15) is 0 Å². The molecule has 1 aliphatic carbocycles. The third-order valence-corrected chi connectivity index (χ3v) is 3.45. The summed E-state index contributed by atoms with van der Waals surface area (Å²) in [6.07, 6.45) is 1.83. The van der Waals surface area contributed by atoms with E-state index < -0.39 is 0 Å². The fourth-order valence-corrected chi connectivity index (χ4v) is 2.70. The summed E-state index contributed by atoms with van der Waals surface area (Å²) in [4.78, 5) is 15.2. The first-order chi connectivity index (χ1) is 8.31. The standard InChI is InChI=1S/C14H15NO2/c1-2-17-14(16)11-8-7-10-9-5-3-4-6-12(9)15-13(10)11/h3-6,11,15H,2,7-8H2,1H3/t11-/m1/s1. The number of aryl methyl sites for hydroxylation is 1. The van der Waals surface area contributed by atoms with E-state index in [0.717, 1.165) is 24.1 Å². The quantitative estimate of drug-likeness (QED) is 0.804. The van der Waals surface area contributed by atoms with Gasteiger partial charge in [0.15, 0.2) is 0 Å². The molecule has 0 amide bonds. The van der Waals surface area contributed by atoms with E-state index in [2.05, 4.69) is 17.1 Å². The minimum Gasteiger partial charge on any atom is -0.465 e. The smallest absolute Gasteiger partial charge is 0.314 e. The molecule has 3 nitrogen and oxygen atoms in total. The van der Waals surface area contributed by atoms with E-state index in [1.807, 2.05) is 19.1 Å². The van der Waals surface area contributed by atoms with Crippen LogP contribution in [0.15, 0.2) is 24.3 Å². The van der Waals surface area contributed by atoms with Gasteiger partial charge in [0.2, 0.25) is 0 Å². The van der Waals surface area contributed by atoms with Crippen LogP contribution in [0.3, 0.4) is 0 Å². The number of fused-ring (bicyclic) bond motifs is 3. The molecule has 1 aromatic heterocycles. The second kappa shape index (κ2) is 3.91. The van der Waals surface area contributed by atoms with Crippen LogP contribution >= 0.6 is 0 Å². The van der Waals surface area contributed by atoms with Crippen molar-refractivity contribution in [3.8, 4) is 0 Å². The number of carbonyl (C=O) groups is 1. The van der Waals surface area contributed by atoms with Crippen LogP contribution in [0.5, 0.6) is 0 Å². The van der Waals surface area contributed by atoms with Gasteiger partial charge in [0, 0.05) is 16.6 Å². The van der Waals surface area contributed by atoms with Crippen molar-refractivity contribution in [1.29, 1.82) is 0 Å². The third-order valence-electron chi connectivity index (χ3n) is 3.45. The SMILES string of the molecule is CCOC(=O)[C@@H]1CCc2c1[nH]c1ccccc21. The van der Waals surface area contributed by atoms with Crippen molar-refractivity contribution in [2.24, 2.45) is 0 Å². The lowest BCUT2D eigenvalue weighted by Gasteiger charge is -2.08. The number of hydrogen-bond donors (Lipinski definition) is 1. The number of esters is 1. The minimum atomic E-state index is -0.0997. The predicted octanol–water partition coefficient (Wildman–Crippen LogP) is 2.76. The topological polar surface area (TPSA) is 42.1 Å². The third kappa shape index (κ3) is 1.54. The summed E-state index contributed by atoms with van der Waals surface area (Å²) < 4.78 is 5.12. The summed E-state index contributed by atoms with van der Waals surface area (Å²) in [6.45, 7) is 2.30. The Balaban J connectivity index is 2.05. The van der Waals surface area contributed by atoms with Gasteiger partial charge in [-0.3, -0.25) is 4.79 Å². The van der Waals surface area contributed by atoms with E-state index in [9.17, 15) is 4.79 Å². The van der Waals surface area contributed by atoms with Crippen molar-refractivity contribution in [3.05, 3.63) is 35.5 Å². The monoisotopic (exact) mass is 229 g/mol. The van der Waals surface area contributed by atoms with E-state index in [0.29, 0.717) is 6.61 Å². The summed E-state index contributed by atoms with van der Waals surface area (Å²) in [5.74, 6) is -0.199. The molecular weight excluding hydrogens is 214 g/mol. The van der Waals surface area contributed by atoms with Gasteiger partial charge in [0.25, 0.3) is 0 Å². The Morgan fingerprint density at radius 2 is 2.29 bits per heavy atom. The molecule has 1 aliphatic rings. The molecule has 0 radical (unpaired) electrons. The molecule has 1 aromatic carbocycles. The van der Waals surface area contributed by atoms with Crippen molar-refractivity contribution in [1.82, 2.24) is 4.98 Å². The zero-order valence-electron chi connectivity index (χ0n) is 9.82. The largest absolute Gasteiger partial charge is 0.465 e. The molecule has 0 unspecified atom stereocenters. The molecule has 2 aromatic rings. The van der Waals surface area contributed by atoms with E-state index >= 15 is 0 Å². The fourth-order valence-electron chi connectivity index (χ4n) is 2.70. The molecule has 0 bridgehead atoms. The molecule has 3 heteroatoms. The molecule has 0 saturated heterocycles. The number of ether oxygens (including phenoxy) is 1. The van der Waals surface area contributed by atoms with Crippen molar-refractivity contribution in [2.45, 2.75) is 25.7 Å². The number of rotatable bonds is 2. The first-order valence-electron chi connectivity index (χ1n) is 6.07. The van der Waals surface area contributed by atoms with Crippen LogP contribution in [-0.4, -0.2) is 17.6 Å². The second-order valence-electron chi connectivity index (χ2n) is 4.41. The highest BCUT2D eigenvalue weighted by Gasteiger charge is 2.32. The lowest BCUT2D eigenvalue weighted by molar-refractivity contribution is -0.144. The van der Waals surface area contributed by atoms with Gasteiger partial charge in [-0.15, -0.1) is 0 Å². The van der Waals surface area contributed by atoms with E-state index in [1.54, 1.807) is 0 Å². The van der Waals surface area contributed by atoms with E-state index in [4.69, 9.17) is 4.74 Å². The first kappa shape index (κ1) is 10.4. The normalized spacial score (nSPS) is 18.3. The van der Waals surface area contributed by atoms with Gasteiger partial charge in [-0.2, -0.15) is 0 Å². The predicted molar refractivity (Wildman–Crippen MR) is 66.0 cm³/mol. The molecule has 1 atom stereocenters. The lowest BCUT2D eigenvalue weighted by atomic mass is 10.1. The first-order valence-corrected chi connectivity index (χ1v) is 6.07. The molecule has 0 aliphatic heterocycles. The average molecular weight is 229 g/mol. The Morgan fingerprint density at radius 3 is 3.12 bits per heavy atom. The van der Waals surface area contributed by atoms with Crippen molar-refractivity contribution in [2.75, 3.05) is 6.61 Å². The van der Waals surface area contributed by atoms with Gasteiger partial charge in [0.05, 0.1) is 12.5 Å². The van der Waals surface area contributed by atoms with Crippen molar-refractivity contribution >= 4 is 16.9 Å². The lowest BCUT2D eigenvalue weighted by Crippen LogP contribution is -2.13. The number of hydrogen-bond acceptors (Lipinski definition) is 2. The van der Waals surface area contributed by atoms with Crippen LogP contribution in [0.1, 0.15) is 30.5 Å². The highest BCUT2D eigenvalue weighted by atomic mass is 16.5. The minimum absolute atomic E-state index is 0.0993. The van der Waals surface area contributed by atoms with Crippen LogP contribution in [0.4, 0.5) is 0 Å². The van der Waals surface area contributed by atoms with Gasteiger partial charge in [-0.25, -0.2) is 0 Å². The Hall–Kier alpha value is -1.77. The summed E-state index contributed by atoms with van der Waals surface area (Å²) in [7, 11) is 0. The molecular formula is C14H15NO2. The highest BCUT2D eigenvalue weighted by Crippen LogP contribution is 2.38. The molecule has 0 fully saturated rings. The Kier molecular flexibility index (Phi) is 2.39. The van der Waals surface area contributed by atoms with Gasteiger partial charge < -0.3 is 9.72 Å². The molecule has 1 N–H and O–H groups in total.